The quantitative estimate of drug-likeness (QED) is 0.755. The van der Waals surface area contributed by atoms with Gasteiger partial charge in [-0.3, -0.25) is 4.79 Å². The van der Waals surface area contributed by atoms with Gasteiger partial charge in [-0.15, -0.1) is 0 Å². The van der Waals surface area contributed by atoms with Crippen LogP contribution in [0.15, 0.2) is 24.3 Å². The fourth-order valence-electron chi connectivity index (χ4n) is 2.07. The summed E-state index contributed by atoms with van der Waals surface area (Å²) in [5, 5.41) is 11.6. The first-order valence-corrected chi connectivity index (χ1v) is 6.97. The van der Waals surface area contributed by atoms with Crippen molar-refractivity contribution >= 4 is 18.0 Å². The van der Waals surface area contributed by atoms with Crippen molar-refractivity contribution in [3.8, 4) is 5.75 Å². The highest BCUT2D eigenvalue weighted by Gasteiger charge is 2.20. The Bertz CT molecular complexity index is 561. The molecule has 5 nitrogen and oxygen atoms in total. The van der Waals surface area contributed by atoms with Crippen molar-refractivity contribution in [1.29, 1.82) is 0 Å². The van der Waals surface area contributed by atoms with Crippen molar-refractivity contribution in [2.24, 2.45) is 5.92 Å². The van der Waals surface area contributed by atoms with Crippen LogP contribution in [-0.4, -0.2) is 30.6 Å². The van der Waals surface area contributed by atoms with E-state index in [1.165, 1.54) is 26.0 Å². The first-order chi connectivity index (χ1) is 10.1. The minimum Gasteiger partial charge on any atom is -0.496 e. The Balaban J connectivity index is 2.05. The van der Waals surface area contributed by atoms with Crippen LogP contribution in [0.4, 0.5) is 0 Å². The Morgan fingerprint density at radius 1 is 1.43 bits per heavy atom. The maximum atomic E-state index is 12.0. The number of nitrogens with one attached hydrogen (secondary N) is 1. The lowest BCUT2D eigenvalue weighted by atomic mass is 10.1. The molecule has 2 N–H and O–H groups in total. The molecule has 0 aliphatic heterocycles. The summed E-state index contributed by atoms with van der Waals surface area (Å²) in [7, 11) is 1.50. The Morgan fingerprint density at radius 2 is 2.19 bits per heavy atom. The minimum absolute atomic E-state index is 0.150. The number of carbonyl (C=O) groups is 2. The number of aliphatic carboxylic acids is 1. The summed E-state index contributed by atoms with van der Waals surface area (Å²) in [4.78, 5) is 22.6. The van der Waals surface area contributed by atoms with E-state index in [1.54, 1.807) is 18.2 Å². The molecule has 1 aliphatic rings. The second-order valence-electron chi connectivity index (χ2n) is 5.12. The topological polar surface area (TPSA) is 75.6 Å². The molecule has 1 fully saturated rings. The third-order valence-electron chi connectivity index (χ3n) is 3.43. The van der Waals surface area contributed by atoms with Crippen LogP contribution in [0.3, 0.4) is 0 Å². The molecule has 0 atom stereocenters. The molecule has 0 heterocycles. The van der Waals surface area contributed by atoms with E-state index in [9.17, 15) is 9.59 Å². The molecule has 1 aliphatic carbocycles. The van der Waals surface area contributed by atoms with Crippen molar-refractivity contribution in [3.05, 3.63) is 35.4 Å². The molecule has 0 unspecified atom stereocenters. The molecule has 1 saturated carbocycles. The molecule has 0 aromatic heterocycles. The maximum absolute atomic E-state index is 12.0. The Hall–Kier alpha value is -2.30. The van der Waals surface area contributed by atoms with Gasteiger partial charge in [0, 0.05) is 23.7 Å². The van der Waals surface area contributed by atoms with Gasteiger partial charge in [-0.25, -0.2) is 4.79 Å². The number of hydrogen-bond acceptors (Lipinski definition) is 3. The number of carboxylic acid groups (broad SMARTS) is 1. The van der Waals surface area contributed by atoms with E-state index in [1.807, 2.05) is 0 Å². The summed E-state index contributed by atoms with van der Waals surface area (Å²) in [5.41, 5.74) is 1.06. The largest absolute Gasteiger partial charge is 0.496 e. The molecule has 1 amide bonds. The number of benzene rings is 1. The number of carbonyl (C=O) groups excluding carboxylic acids is 1. The molecule has 21 heavy (non-hydrogen) atoms. The van der Waals surface area contributed by atoms with Gasteiger partial charge >= 0.3 is 5.97 Å². The molecule has 112 valence electrons. The van der Waals surface area contributed by atoms with Gasteiger partial charge in [0.15, 0.2) is 0 Å². The summed E-state index contributed by atoms with van der Waals surface area (Å²) in [6.07, 6.45) is 5.99. The maximum Gasteiger partial charge on any atom is 0.328 e. The Kier molecular flexibility index (Phi) is 4.98. The number of ether oxygens (including phenoxy) is 1. The standard InChI is InChI=1S/C16H19NO4/c1-21-14-6-4-13(10-12(14)5-7-15(18)19)16(20)17-9-8-11-2-3-11/h4-7,10-11H,2-3,8-9H2,1H3,(H,17,20)(H,18,19). The average molecular weight is 289 g/mol. The predicted molar refractivity (Wildman–Crippen MR) is 79.3 cm³/mol. The van der Waals surface area contributed by atoms with Crippen LogP contribution in [0.2, 0.25) is 0 Å². The van der Waals surface area contributed by atoms with E-state index in [0.29, 0.717) is 23.4 Å². The lowest BCUT2D eigenvalue weighted by molar-refractivity contribution is -0.131. The van der Waals surface area contributed by atoms with E-state index in [-0.39, 0.29) is 5.91 Å². The molecule has 0 saturated heterocycles. The van der Waals surface area contributed by atoms with Gasteiger partial charge in [0.2, 0.25) is 0 Å². The van der Waals surface area contributed by atoms with Crippen molar-refractivity contribution in [1.82, 2.24) is 5.32 Å². The van der Waals surface area contributed by atoms with Crippen molar-refractivity contribution < 1.29 is 19.4 Å². The number of carboxylic acids is 1. The van der Waals surface area contributed by atoms with Crippen LogP contribution in [0, 0.1) is 5.92 Å². The molecule has 0 radical (unpaired) electrons. The molecule has 1 aromatic rings. The molecular formula is C16H19NO4. The Morgan fingerprint density at radius 3 is 2.81 bits per heavy atom. The monoisotopic (exact) mass is 289 g/mol. The smallest absolute Gasteiger partial charge is 0.328 e. The van der Waals surface area contributed by atoms with Crippen LogP contribution in [0.25, 0.3) is 6.08 Å². The first kappa shape index (κ1) is 15.1. The second-order valence-corrected chi connectivity index (χ2v) is 5.12. The molecule has 2 rings (SSSR count). The van der Waals surface area contributed by atoms with E-state index in [0.717, 1.165) is 18.4 Å². The van der Waals surface area contributed by atoms with Crippen molar-refractivity contribution in [2.75, 3.05) is 13.7 Å². The van der Waals surface area contributed by atoms with Crippen molar-refractivity contribution in [2.45, 2.75) is 19.3 Å². The lowest BCUT2D eigenvalue weighted by Crippen LogP contribution is -2.24. The highest BCUT2D eigenvalue weighted by atomic mass is 16.5. The predicted octanol–water partition coefficient (Wildman–Crippen LogP) is 2.32. The highest BCUT2D eigenvalue weighted by molar-refractivity contribution is 5.95. The number of methoxy groups -OCH3 is 1. The van der Waals surface area contributed by atoms with Gasteiger partial charge in [0.25, 0.3) is 5.91 Å². The SMILES string of the molecule is COc1ccc(C(=O)NCCC2CC2)cc1C=CC(=O)O. The van der Waals surface area contributed by atoms with Crippen LogP contribution in [0.1, 0.15) is 35.2 Å². The molecule has 1 aromatic carbocycles. The summed E-state index contributed by atoms with van der Waals surface area (Å²) < 4.78 is 5.16. The van der Waals surface area contributed by atoms with Crippen LogP contribution >= 0.6 is 0 Å². The summed E-state index contributed by atoms with van der Waals surface area (Å²) >= 11 is 0. The van der Waals surface area contributed by atoms with E-state index in [2.05, 4.69) is 5.32 Å². The molecule has 5 heteroatoms. The van der Waals surface area contributed by atoms with E-state index >= 15 is 0 Å². The zero-order valence-corrected chi connectivity index (χ0v) is 12.0. The zero-order chi connectivity index (χ0) is 15.2. The van der Waals surface area contributed by atoms with Gasteiger partial charge in [0.05, 0.1) is 7.11 Å². The Labute approximate surface area is 123 Å². The second kappa shape index (κ2) is 6.92. The van der Waals surface area contributed by atoms with E-state index in [4.69, 9.17) is 9.84 Å². The summed E-state index contributed by atoms with van der Waals surface area (Å²) in [5.74, 6) is 0.108. The lowest BCUT2D eigenvalue weighted by Gasteiger charge is -2.08. The first-order valence-electron chi connectivity index (χ1n) is 6.97. The minimum atomic E-state index is -1.05. The number of amides is 1. The fraction of sp³-hybridized carbons (Fsp3) is 0.375. The third kappa shape index (κ3) is 4.63. The molecule has 0 bridgehead atoms. The normalized spacial score (nSPS) is 14.1. The van der Waals surface area contributed by atoms with Gasteiger partial charge in [-0.05, 0) is 36.6 Å². The fourth-order valence-corrected chi connectivity index (χ4v) is 2.07. The number of hydrogen-bond donors (Lipinski definition) is 2. The van der Waals surface area contributed by atoms with Gasteiger partial charge in [-0.2, -0.15) is 0 Å². The third-order valence-corrected chi connectivity index (χ3v) is 3.43. The van der Waals surface area contributed by atoms with E-state index < -0.39 is 5.97 Å². The summed E-state index contributed by atoms with van der Waals surface area (Å²) in [6.45, 7) is 0.676. The van der Waals surface area contributed by atoms with Crippen LogP contribution < -0.4 is 10.1 Å². The molecule has 0 spiro atoms. The van der Waals surface area contributed by atoms with Crippen molar-refractivity contribution in [3.63, 3.8) is 0 Å². The molecular weight excluding hydrogens is 270 g/mol. The van der Waals surface area contributed by atoms with Gasteiger partial charge in [-0.1, -0.05) is 12.8 Å². The average Bonchev–Trinajstić information content (AvgIpc) is 3.28. The zero-order valence-electron chi connectivity index (χ0n) is 12.0. The van der Waals surface area contributed by atoms with Gasteiger partial charge < -0.3 is 15.2 Å². The van der Waals surface area contributed by atoms with Gasteiger partial charge in [0.1, 0.15) is 5.75 Å². The highest BCUT2D eigenvalue weighted by Crippen LogP contribution is 2.31. The summed E-state index contributed by atoms with van der Waals surface area (Å²) in [6, 6.07) is 4.96. The van der Waals surface area contributed by atoms with Crippen LogP contribution in [0.5, 0.6) is 5.75 Å². The van der Waals surface area contributed by atoms with Crippen LogP contribution in [-0.2, 0) is 4.79 Å². The number of rotatable bonds is 7.